The number of aliphatic hydroxyl groups is 1. The summed E-state index contributed by atoms with van der Waals surface area (Å²) in [5.74, 6) is 0.817. The van der Waals surface area contributed by atoms with Gasteiger partial charge in [-0.05, 0) is 62.3 Å². The number of pyridine rings is 1. The molecule has 0 spiro atoms. The summed E-state index contributed by atoms with van der Waals surface area (Å²) in [7, 11) is 1.51. The molecular weight excluding hydrogens is 364 g/mol. The SMILES string of the molecule is CO/C(N)=C1\C=CN([C@@H]2C[C@H](CCc3ccc4ccc(C)nc4c3)[C@@H](O)C2)C1=N. The van der Waals surface area contributed by atoms with Crippen molar-refractivity contribution < 1.29 is 9.84 Å². The number of amidine groups is 1. The van der Waals surface area contributed by atoms with Crippen molar-refractivity contribution in [2.45, 2.75) is 44.8 Å². The first-order valence-corrected chi connectivity index (χ1v) is 10.1. The number of aryl methyl sites for hydroxylation is 2. The van der Waals surface area contributed by atoms with Gasteiger partial charge in [0.25, 0.3) is 0 Å². The maximum absolute atomic E-state index is 10.6. The second-order valence-corrected chi connectivity index (χ2v) is 8.02. The Kier molecular flexibility index (Phi) is 5.28. The molecule has 2 aliphatic rings. The van der Waals surface area contributed by atoms with Gasteiger partial charge < -0.3 is 20.5 Å². The van der Waals surface area contributed by atoms with E-state index in [4.69, 9.17) is 15.9 Å². The quantitative estimate of drug-likeness (QED) is 0.679. The molecule has 0 amide bonds. The number of nitrogens with zero attached hydrogens (tertiary/aromatic N) is 2. The smallest absolute Gasteiger partial charge is 0.195 e. The van der Waals surface area contributed by atoms with Crippen LogP contribution in [0.4, 0.5) is 0 Å². The van der Waals surface area contributed by atoms with E-state index in [1.54, 1.807) is 0 Å². The monoisotopic (exact) mass is 392 g/mol. The molecule has 0 radical (unpaired) electrons. The van der Waals surface area contributed by atoms with E-state index in [-0.39, 0.29) is 23.9 Å². The first-order chi connectivity index (χ1) is 14.0. The maximum atomic E-state index is 10.6. The summed E-state index contributed by atoms with van der Waals surface area (Å²) < 4.78 is 5.07. The Bertz CT molecular complexity index is 998. The van der Waals surface area contributed by atoms with Crippen molar-refractivity contribution in [2.75, 3.05) is 7.11 Å². The number of methoxy groups -OCH3 is 1. The van der Waals surface area contributed by atoms with Crippen LogP contribution in [0, 0.1) is 18.3 Å². The Morgan fingerprint density at radius 3 is 2.90 bits per heavy atom. The molecule has 29 heavy (non-hydrogen) atoms. The fraction of sp³-hybridized carbons (Fsp3) is 0.391. The van der Waals surface area contributed by atoms with E-state index in [0.29, 0.717) is 17.8 Å². The third-order valence-corrected chi connectivity index (χ3v) is 6.13. The number of nitrogens with one attached hydrogen (secondary N) is 1. The van der Waals surface area contributed by atoms with E-state index in [1.165, 1.54) is 12.7 Å². The predicted molar refractivity (Wildman–Crippen MR) is 114 cm³/mol. The first-order valence-electron chi connectivity index (χ1n) is 10.1. The van der Waals surface area contributed by atoms with Crippen molar-refractivity contribution >= 4 is 16.7 Å². The predicted octanol–water partition coefficient (Wildman–Crippen LogP) is 3.24. The van der Waals surface area contributed by atoms with Gasteiger partial charge in [-0.25, -0.2) is 0 Å². The third-order valence-electron chi connectivity index (χ3n) is 6.13. The molecule has 4 N–H and O–H groups in total. The van der Waals surface area contributed by atoms with Crippen LogP contribution in [0.25, 0.3) is 10.9 Å². The standard InChI is InChI=1S/C23H28N4O2/c1-14-3-6-16-7-4-15(11-20(16)26-14)5-8-17-12-18(13-21(17)28)27-10-9-19(22(27)24)23(25)29-2/h3-4,6-7,9-11,17-18,21,24,28H,5,8,12-13,25H2,1-2H3/b23-19+,24-22?/t17-,18+,21-/m0/s1. The molecule has 2 heterocycles. The minimum Gasteiger partial charge on any atom is -0.482 e. The Morgan fingerprint density at radius 1 is 1.31 bits per heavy atom. The molecule has 2 aromatic rings. The zero-order valence-electron chi connectivity index (χ0n) is 16.9. The summed E-state index contributed by atoms with van der Waals surface area (Å²) in [5.41, 5.74) is 9.73. The van der Waals surface area contributed by atoms with Gasteiger partial charge in [0, 0.05) is 23.3 Å². The van der Waals surface area contributed by atoms with E-state index in [2.05, 4.69) is 29.2 Å². The molecule has 1 aromatic heterocycles. The van der Waals surface area contributed by atoms with Crippen LogP contribution in [0.2, 0.25) is 0 Å². The molecule has 152 valence electrons. The zero-order chi connectivity index (χ0) is 20.5. The summed E-state index contributed by atoms with van der Waals surface area (Å²) >= 11 is 0. The van der Waals surface area contributed by atoms with Gasteiger partial charge >= 0.3 is 0 Å². The van der Waals surface area contributed by atoms with Crippen molar-refractivity contribution in [3.8, 4) is 0 Å². The van der Waals surface area contributed by atoms with Crippen molar-refractivity contribution in [1.82, 2.24) is 9.88 Å². The number of benzene rings is 1. The number of aliphatic hydroxyl groups excluding tert-OH is 1. The van der Waals surface area contributed by atoms with Crippen molar-refractivity contribution in [3.63, 3.8) is 0 Å². The largest absolute Gasteiger partial charge is 0.482 e. The summed E-state index contributed by atoms with van der Waals surface area (Å²) in [6.45, 7) is 2.01. The summed E-state index contributed by atoms with van der Waals surface area (Å²) in [6.07, 6.45) is 6.69. The van der Waals surface area contributed by atoms with E-state index in [9.17, 15) is 5.11 Å². The molecule has 1 saturated carbocycles. The van der Waals surface area contributed by atoms with Crippen LogP contribution in [0.15, 0.2) is 54.1 Å². The number of fused-ring (bicyclic) bond motifs is 1. The van der Waals surface area contributed by atoms with Gasteiger partial charge in [0.05, 0.1) is 24.3 Å². The van der Waals surface area contributed by atoms with Gasteiger partial charge in [0.15, 0.2) is 5.88 Å². The van der Waals surface area contributed by atoms with E-state index < -0.39 is 0 Å². The lowest BCUT2D eigenvalue weighted by Crippen LogP contribution is -2.32. The van der Waals surface area contributed by atoms with Crippen LogP contribution in [-0.2, 0) is 11.2 Å². The van der Waals surface area contributed by atoms with Crippen molar-refractivity contribution in [1.29, 1.82) is 5.41 Å². The number of ether oxygens (including phenoxy) is 1. The molecule has 0 bridgehead atoms. The van der Waals surface area contributed by atoms with Crippen molar-refractivity contribution in [2.24, 2.45) is 11.7 Å². The summed E-state index contributed by atoms with van der Waals surface area (Å²) in [4.78, 5) is 6.53. The van der Waals surface area contributed by atoms with Crippen LogP contribution in [-0.4, -0.2) is 40.1 Å². The highest BCUT2D eigenvalue weighted by atomic mass is 16.5. The molecule has 1 aliphatic heterocycles. The highest BCUT2D eigenvalue weighted by Gasteiger charge is 2.38. The molecule has 0 unspecified atom stereocenters. The second-order valence-electron chi connectivity index (χ2n) is 8.02. The van der Waals surface area contributed by atoms with Gasteiger partial charge in [0.2, 0.25) is 0 Å². The highest BCUT2D eigenvalue weighted by molar-refractivity contribution is 6.02. The Hall–Kier alpha value is -2.86. The highest BCUT2D eigenvalue weighted by Crippen LogP contribution is 2.35. The van der Waals surface area contributed by atoms with Crippen molar-refractivity contribution in [3.05, 3.63) is 65.3 Å². The minimum atomic E-state index is -0.352. The number of nitrogens with two attached hydrogens (primary N) is 1. The van der Waals surface area contributed by atoms with Crippen LogP contribution >= 0.6 is 0 Å². The van der Waals surface area contributed by atoms with Crippen LogP contribution in [0.3, 0.4) is 0 Å². The molecule has 1 fully saturated rings. The van der Waals surface area contributed by atoms with Gasteiger partial charge in [0.1, 0.15) is 5.84 Å². The number of aromatic nitrogens is 1. The Morgan fingerprint density at radius 2 is 2.10 bits per heavy atom. The molecule has 1 aromatic carbocycles. The second kappa shape index (κ2) is 7.87. The van der Waals surface area contributed by atoms with E-state index >= 15 is 0 Å². The Labute approximate surface area is 171 Å². The third kappa shape index (κ3) is 3.85. The van der Waals surface area contributed by atoms with Crippen LogP contribution < -0.4 is 5.73 Å². The normalized spacial score (nSPS) is 25.8. The number of hydrogen-bond donors (Lipinski definition) is 3. The molecule has 3 atom stereocenters. The summed E-state index contributed by atoms with van der Waals surface area (Å²) in [5, 5.41) is 20.2. The molecule has 6 heteroatoms. The zero-order valence-corrected chi connectivity index (χ0v) is 16.9. The Balaban J connectivity index is 1.40. The lowest BCUT2D eigenvalue weighted by atomic mass is 9.96. The lowest BCUT2D eigenvalue weighted by molar-refractivity contribution is 0.126. The molecule has 0 saturated heterocycles. The topological polar surface area (TPSA) is 95.5 Å². The summed E-state index contributed by atoms with van der Waals surface area (Å²) in [6, 6.07) is 10.7. The van der Waals surface area contributed by atoms with Crippen LogP contribution in [0.5, 0.6) is 0 Å². The average molecular weight is 393 g/mol. The van der Waals surface area contributed by atoms with Gasteiger partial charge in [-0.1, -0.05) is 18.2 Å². The van der Waals surface area contributed by atoms with Crippen LogP contribution in [0.1, 0.15) is 30.5 Å². The van der Waals surface area contributed by atoms with Gasteiger partial charge in [-0.2, -0.15) is 0 Å². The number of rotatable bonds is 5. The molecule has 1 aliphatic carbocycles. The fourth-order valence-electron chi connectivity index (χ4n) is 4.44. The molecular formula is C23H28N4O2. The minimum absolute atomic E-state index is 0.113. The number of hydrogen-bond acceptors (Lipinski definition) is 5. The lowest BCUT2D eigenvalue weighted by Gasteiger charge is -2.24. The first kappa shape index (κ1) is 19.5. The average Bonchev–Trinajstić information content (AvgIpc) is 3.27. The maximum Gasteiger partial charge on any atom is 0.195 e. The van der Waals surface area contributed by atoms with Gasteiger partial charge in [-0.15, -0.1) is 0 Å². The van der Waals surface area contributed by atoms with E-state index in [0.717, 1.165) is 35.9 Å². The molecule has 6 nitrogen and oxygen atoms in total. The van der Waals surface area contributed by atoms with E-state index in [1.807, 2.05) is 30.2 Å². The van der Waals surface area contributed by atoms with Gasteiger partial charge in [-0.3, -0.25) is 10.4 Å². The fourth-order valence-corrected chi connectivity index (χ4v) is 4.44. The molecule has 4 rings (SSSR count).